The van der Waals surface area contributed by atoms with E-state index in [2.05, 4.69) is 0 Å². The molecule has 0 bridgehead atoms. The largest absolute Gasteiger partial charge is 0.416 e. The summed E-state index contributed by atoms with van der Waals surface area (Å²) in [7, 11) is 0. The van der Waals surface area contributed by atoms with Crippen LogP contribution in [0.4, 0.5) is 13.2 Å². The van der Waals surface area contributed by atoms with Crippen molar-refractivity contribution in [2.45, 2.75) is 12.8 Å². The maximum absolute atomic E-state index is 12.5. The van der Waals surface area contributed by atoms with Crippen LogP contribution in [0.25, 0.3) is 0 Å². The number of hydrogen-bond donors (Lipinski definition) is 1. The van der Waals surface area contributed by atoms with Crippen LogP contribution in [0.3, 0.4) is 0 Å². The highest BCUT2D eigenvalue weighted by molar-refractivity contribution is 14.1. The van der Waals surface area contributed by atoms with E-state index in [0.717, 1.165) is 6.07 Å². The van der Waals surface area contributed by atoms with Gasteiger partial charge in [0.25, 0.3) is 0 Å². The molecule has 0 aliphatic heterocycles. The lowest BCUT2D eigenvalue weighted by Gasteiger charge is -2.12. The number of rotatable bonds is 1. The highest BCUT2D eigenvalue weighted by Crippen LogP contribution is 2.34. The van der Waals surface area contributed by atoms with E-state index in [9.17, 15) is 13.2 Å². The van der Waals surface area contributed by atoms with Gasteiger partial charge in [-0.1, -0.05) is 0 Å². The van der Waals surface area contributed by atoms with Crippen LogP contribution in [0.5, 0.6) is 0 Å². The molecule has 0 aromatic heterocycles. The molecule has 0 aliphatic carbocycles. The normalized spacial score (nSPS) is 11.2. The first-order chi connectivity index (χ1) is 6.90. The zero-order chi connectivity index (χ0) is 11.6. The van der Waals surface area contributed by atoms with Crippen LogP contribution >= 0.6 is 22.6 Å². The molecule has 15 heavy (non-hydrogen) atoms. The summed E-state index contributed by atoms with van der Waals surface area (Å²) >= 11 is 1.75. The molecule has 0 heterocycles. The molecule has 0 saturated carbocycles. The number of halogens is 4. The first kappa shape index (κ1) is 12.3. The molecule has 1 N–H and O–H groups in total. The lowest BCUT2D eigenvalue weighted by molar-refractivity contribution is -0.138. The molecule has 0 saturated heterocycles. The number of alkyl halides is 3. The van der Waals surface area contributed by atoms with Gasteiger partial charge in [-0.2, -0.15) is 18.4 Å². The Balaban J connectivity index is 3.44. The van der Waals surface area contributed by atoms with Gasteiger partial charge >= 0.3 is 6.18 Å². The van der Waals surface area contributed by atoms with E-state index in [4.69, 9.17) is 10.4 Å². The quantitative estimate of drug-likeness (QED) is 0.806. The fourth-order valence-electron chi connectivity index (χ4n) is 1.09. The number of benzene rings is 1. The molecule has 0 aliphatic rings. The predicted molar refractivity (Wildman–Crippen MR) is 54.8 cm³/mol. The number of hydrogen-bond acceptors (Lipinski definition) is 2. The van der Waals surface area contributed by atoms with E-state index < -0.39 is 18.3 Å². The average molecular weight is 327 g/mol. The molecule has 0 amide bonds. The summed E-state index contributed by atoms with van der Waals surface area (Å²) in [5.41, 5.74) is -1.21. The second kappa shape index (κ2) is 4.37. The van der Waals surface area contributed by atoms with Crippen LogP contribution in [-0.4, -0.2) is 5.11 Å². The monoisotopic (exact) mass is 327 g/mol. The highest BCUT2D eigenvalue weighted by atomic mass is 127. The Bertz CT molecular complexity index is 423. The van der Waals surface area contributed by atoms with E-state index in [1.807, 2.05) is 0 Å². The zero-order valence-electron chi connectivity index (χ0n) is 7.27. The van der Waals surface area contributed by atoms with Gasteiger partial charge in [0, 0.05) is 3.57 Å². The topological polar surface area (TPSA) is 44.0 Å². The highest BCUT2D eigenvalue weighted by Gasteiger charge is 2.33. The van der Waals surface area contributed by atoms with Crippen molar-refractivity contribution in [3.05, 3.63) is 32.4 Å². The third-order valence-corrected chi connectivity index (χ3v) is 2.68. The summed E-state index contributed by atoms with van der Waals surface area (Å²) in [6.45, 7) is -0.698. The Morgan fingerprint density at radius 3 is 2.40 bits per heavy atom. The van der Waals surface area contributed by atoms with E-state index in [0.29, 0.717) is 3.57 Å². The maximum atomic E-state index is 12.5. The van der Waals surface area contributed by atoms with Crippen molar-refractivity contribution in [1.82, 2.24) is 0 Å². The van der Waals surface area contributed by atoms with Crippen LogP contribution in [0, 0.1) is 14.9 Å². The number of aliphatic hydroxyl groups excluding tert-OH is 1. The van der Waals surface area contributed by atoms with E-state index in [1.165, 1.54) is 6.07 Å². The molecule has 1 aromatic carbocycles. The Hall–Kier alpha value is -0.810. The molecule has 2 nitrogen and oxygen atoms in total. The van der Waals surface area contributed by atoms with Gasteiger partial charge in [-0.15, -0.1) is 0 Å². The second-order valence-electron chi connectivity index (χ2n) is 2.76. The fourth-order valence-corrected chi connectivity index (χ4v) is 1.75. The van der Waals surface area contributed by atoms with Crippen molar-refractivity contribution >= 4 is 22.6 Å². The van der Waals surface area contributed by atoms with E-state index in [1.54, 1.807) is 28.7 Å². The first-order valence-electron chi connectivity index (χ1n) is 3.80. The number of nitriles is 1. The number of nitrogens with zero attached hydrogens (tertiary/aromatic N) is 1. The summed E-state index contributed by atoms with van der Waals surface area (Å²) in [4.78, 5) is 0. The minimum absolute atomic E-state index is 0.0416. The van der Waals surface area contributed by atoms with Crippen molar-refractivity contribution in [2.24, 2.45) is 0 Å². The van der Waals surface area contributed by atoms with Crippen LogP contribution in [0.15, 0.2) is 12.1 Å². The van der Waals surface area contributed by atoms with Crippen molar-refractivity contribution in [2.75, 3.05) is 0 Å². The fraction of sp³-hybridized carbons (Fsp3) is 0.222. The second-order valence-corrected chi connectivity index (χ2v) is 3.92. The molecule has 80 valence electrons. The van der Waals surface area contributed by atoms with Gasteiger partial charge in [-0.3, -0.25) is 0 Å². The summed E-state index contributed by atoms with van der Waals surface area (Å²) in [5.74, 6) is 0. The third-order valence-electron chi connectivity index (χ3n) is 1.79. The average Bonchev–Trinajstić information content (AvgIpc) is 2.15. The van der Waals surface area contributed by atoms with Gasteiger partial charge in [0.2, 0.25) is 0 Å². The van der Waals surface area contributed by atoms with Crippen LogP contribution in [-0.2, 0) is 12.8 Å². The Morgan fingerprint density at radius 2 is 2.00 bits per heavy atom. The van der Waals surface area contributed by atoms with Gasteiger partial charge < -0.3 is 5.11 Å². The van der Waals surface area contributed by atoms with Crippen LogP contribution in [0.1, 0.15) is 16.7 Å². The Kier molecular flexibility index (Phi) is 3.57. The molecule has 6 heteroatoms. The van der Waals surface area contributed by atoms with Gasteiger partial charge in [0.15, 0.2) is 0 Å². The standard InChI is InChI=1S/C9H5F3INO/c10-9(11,12)7-1-5(3-14)8(13)2-6(7)4-15/h1-2,15H,4H2. The van der Waals surface area contributed by atoms with E-state index >= 15 is 0 Å². The number of aliphatic hydroxyl groups is 1. The molecule has 1 rings (SSSR count). The molecule has 0 fully saturated rings. The molecular formula is C9H5F3INO. The van der Waals surface area contributed by atoms with Gasteiger partial charge in [-0.05, 0) is 40.3 Å². The van der Waals surface area contributed by atoms with Crippen molar-refractivity contribution in [1.29, 1.82) is 5.26 Å². The summed E-state index contributed by atoms with van der Waals surface area (Å²) in [6.07, 6.45) is -4.55. The maximum Gasteiger partial charge on any atom is 0.416 e. The van der Waals surface area contributed by atoms with Gasteiger partial charge in [0.05, 0.1) is 17.7 Å². The summed E-state index contributed by atoms with van der Waals surface area (Å²) in [6, 6.07) is 3.60. The Labute approximate surface area is 97.5 Å². The minimum Gasteiger partial charge on any atom is -0.392 e. The summed E-state index contributed by atoms with van der Waals surface area (Å²) in [5, 5.41) is 17.4. The SMILES string of the molecule is N#Cc1cc(C(F)(F)F)c(CO)cc1I. The van der Waals surface area contributed by atoms with E-state index in [-0.39, 0.29) is 11.1 Å². The molecule has 0 atom stereocenters. The Morgan fingerprint density at radius 1 is 1.40 bits per heavy atom. The van der Waals surface area contributed by atoms with Gasteiger partial charge in [-0.25, -0.2) is 0 Å². The molecule has 1 aromatic rings. The molecule has 0 unspecified atom stereocenters. The third kappa shape index (κ3) is 2.60. The van der Waals surface area contributed by atoms with Crippen LogP contribution in [0.2, 0.25) is 0 Å². The molecular weight excluding hydrogens is 322 g/mol. The molecule has 0 spiro atoms. The zero-order valence-corrected chi connectivity index (χ0v) is 9.43. The first-order valence-corrected chi connectivity index (χ1v) is 4.88. The molecule has 0 radical (unpaired) electrons. The lowest BCUT2D eigenvalue weighted by Crippen LogP contribution is -2.10. The van der Waals surface area contributed by atoms with Gasteiger partial charge in [0.1, 0.15) is 6.07 Å². The van der Waals surface area contributed by atoms with Crippen LogP contribution < -0.4 is 0 Å². The smallest absolute Gasteiger partial charge is 0.392 e. The van der Waals surface area contributed by atoms with Crippen molar-refractivity contribution < 1.29 is 18.3 Å². The van der Waals surface area contributed by atoms with Crippen molar-refractivity contribution in [3.63, 3.8) is 0 Å². The summed E-state index contributed by atoms with van der Waals surface area (Å²) < 4.78 is 37.8. The lowest BCUT2D eigenvalue weighted by atomic mass is 10.0. The predicted octanol–water partition coefficient (Wildman–Crippen LogP) is 2.67. The minimum atomic E-state index is -4.55. The van der Waals surface area contributed by atoms with Crippen molar-refractivity contribution in [3.8, 4) is 6.07 Å².